The van der Waals surface area contributed by atoms with Gasteiger partial charge in [-0.15, -0.1) is 11.8 Å². The molecule has 1 rings (SSSR count). The van der Waals surface area contributed by atoms with Crippen molar-refractivity contribution in [3.63, 3.8) is 0 Å². The molecule has 0 saturated heterocycles. The third-order valence-corrected chi connectivity index (χ3v) is 3.86. The van der Waals surface area contributed by atoms with E-state index in [0.717, 1.165) is 18.6 Å². The second-order valence-corrected chi connectivity index (χ2v) is 5.80. The van der Waals surface area contributed by atoms with Crippen molar-refractivity contribution >= 4 is 23.6 Å². The third kappa shape index (κ3) is 7.60. The summed E-state index contributed by atoms with van der Waals surface area (Å²) >= 11 is 1.23. The van der Waals surface area contributed by atoms with Crippen LogP contribution < -0.4 is 15.8 Å². The number of hydrogen-bond donors (Lipinski definition) is 2. The van der Waals surface area contributed by atoms with Crippen molar-refractivity contribution in [1.82, 2.24) is 5.32 Å². The van der Waals surface area contributed by atoms with Crippen LogP contribution in [0.1, 0.15) is 18.9 Å². The SMILES string of the molecule is COc1ccc(CCC(C)NC(=O)CSCC(N)=O)cc1. The zero-order valence-corrected chi connectivity index (χ0v) is 13.2. The van der Waals surface area contributed by atoms with Crippen LogP contribution in [0.3, 0.4) is 0 Å². The molecule has 0 aromatic heterocycles. The number of methoxy groups -OCH3 is 1. The highest BCUT2D eigenvalue weighted by Gasteiger charge is 2.08. The molecular formula is C15H22N2O3S. The molecule has 0 fully saturated rings. The van der Waals surface area contributed by atoms with E-state index in [0.29, 0.717) is 0 Å². The molecule has 1 aromatic carbocycles. The minimum absolute atomic E-state index is 0.0662. The lowest BCUT2D eigenvalue weighted by atomic mass is 10.1. The molecule has 0 spiro atoms. The van der Waals surface area contributed by atoms with Gasteiger partial charge in [0.1, 0.15) is 5.75 Å². The van der Waals surface area contributed by atoms with Crippen LogP contribution in [0.15, 0.2) is 24.3 Å². The van der Waals surface area contributed by atoms with Gasteiger partial charge in [0.05, 0.1) is 18.6 Å². The van der Waals surface area contributed by atoms with Crippen molar-refractivity contribution in [2.24, 2.45) is 5.73 Å². The number of carbonyl (C=O) groups is 2. The fourth-order valence-corrected chi connectivity index (χ4v) is 2.38. The van der Waals surface area contributed by atoms with E-state index in [-0.39, 0.29) is 23.5 Å². The van der Waals surface area contributed by atoms with Gasteiger partial charge in [-0.2, -0.15) is 0 Å². The van der Waals surface area contributed by atoms with Crippen molar-refractivity contribution in [2.45, 2.75) is 25.8 Å². The molecule has 1 unspecified atom stereocenters. The third-order valence-electron chi connectivity index (χ3n) is 2.91. The number of benzene rings is 1. The smallest absolute Gasteiger partial charge is 0.230 e. The van der Waals surface area contributed by atoms with Crippen LogP contribution in [-0.4, -0.2) is 36.5 Å². The number of amides is 2. The van der Waals surface area contributed by atoms with Crippen LogP contribution >= 0.6 is 11.8 Å². The highest BCUT2D eigenvalue weighted by Crippen LogP contribution is 2.13. The number of aryl methyl sites for hydroxylation is 1. The number of nitrogens with one attached hydrogen (secondary N) is 1. The van der Waals surface area contributed by atoms with E-state index >= 15 is 0 Å². The lowest BCUT2D eigenvalue weighted by Crippen LogP contribution is -2.34. The molecule has 0 aliphatic heterocycles. The van der Waals surface area contributed by atoms with Gasteiger partial charge in [0.25, 0.3) is 0 Å². The number of carbonyl (C=O) groups excluding carboxylic acids is 2. The molecule has 0 bridgehead atoms. The van der Waals surface area contributed by atoms with Gasteiger partial charge in [-0.25, -0.2) is 0 Å². The molecule has 116 valence electrons. The second kappa shape index (κ2) is 9.28. The van der Waals surface area contributed by atoms with Gasteiger partial charge >= 0.3 is 0 Å². The Balaban J connectivity index is 2.24. The van der Waals surface area contributed by atoms with Gasteiger partial charge < -0.3 is 15.8 Å². The summed E-state index contributed by atoms with van der Waals surface area (Å²) in [6.07, 6.45) is 1.75. The maximum absolute atomic E-state index is 11.6. The molecule has 2 amide bonds. The Morgan fingerprint density at radius 2 is 1.95 bits per heavy atom. The van der Waals surface area contributed by atoms with Gasteiger partial charge in [0.2, 0.25) is 11.8 Å². The van der Waals surface area contributed by atoms with Crippen molar-refractivity contribution < 1.29 is 14.3 Å². The number of nitrogens with two attached hydrogens (primary N) is 1. The van der Waals surface area contributed by atoms with E-state index in [1.807, 2.05) is 31.2 Å². The number of ether oxygens (including phenoxy) is 1. The first kappa shape index (κ1) is 17.4. The average Bonchev–Trinajstić information content (AvgIpc) is 2.45. The van der Waals surface area contributed by atoms with Crippen LogP contribution in [0, 0.1) is 0 Å². The molecule has 3 N–H and O–H groups in total. The minimum Gasteiger partial charge on any atom is -0.497 e. The predicted molar refractivity (Wildman–Crippen MR) is 85.4 cm³/mol. The highest BCUT2D eigenvalue weighted by atomic mass is 32.2. The molecule has 1 atom stereocenters. The molecule has 0 aliphatic rings. The number of primary amides is 1. The fourth-order valence-electron chi connectivity index (χ4n) is 1.81. The van der Waals surface area contributed by atoms with Crippen LogP contribution in [0.25, 0.3) is 0 Å². The first-order valence-corrected chi connectivity index (χ1v) is 7.95. The fraction of sp³-hybridized carbons (Fsp3) is 0.467. The normalized spacial score (nSPS) is 11.7. The second-order valence-electron chi connectivity index (χ2n) is 4.81. The molecular weight excluding hydrogens is 288 g/mol. The summed E-state index contributed by atoms with van der Waals surface area (Å²) in [5.41, 5.74) is 6.22. The molecule has 21 heavy (non-hydrogen) atoms. The van der Waals surface area contributed by atoms with Gasteiger partial charge in [-0.05, 0) is 37.5 Å². The van der Waals surface area contributed by atoms with Gasteiger partial charge in [0, 0.05) is 6.04 Å². The molecule has 5 nitrogen and oxygen atoms in total. The van der Waals surface area contributed by atoms with Gasteiger partial charge in [0.15, 0.2) is 0 Å². The van der Waals surface area contributed by atoms with E-state index in [1.54, 1.807) is 7.11 Å². The summed E-state index contributed by atoms with van der Waals surface area (Å²) < 4.78 is 5.11. The Labute approximate surface area is 129 Å². The lowest BCUT2D eigenvalue weighted by molar-refractivity contribution is -0.119. The summed E-state index contributed by atoms with van der Waals surface area (Å²) in [4.78, 5) is 22.2. The highest BCUT2D eigenvalue weighted by molar-refractivity contribution is 8.00. The van der Waals surface area contributed by atoms with E-state index in [4.69, 9.17) is 10.5 Å². The zero-order chi connectivity index (χ0) is 15.7. The first-order chi connectivity index (χ1) is 10.0. The van der Waals surface area contributed by atoms with Gasteiger partial charge in [-0.3, -0.25) is 9.59 Å². The first-order valence-electron chi connectivity index (χ1n) is 6.79. The van der Waals surface area contributed by atoms with Crippen LogP contribution in [0.4, 0.5) is 0 Å². The Morgan fingerprint density at radius 1 is 1.29 bits per heavy atom. The van der Waals surface area contributed by atoms with E-state index in [9.17, 15) is 9.59 Å². The molecule has 6 heteroatoms. The van der Waals surface area contributed by atoms with Gasteiger partial charge in [-0.1, -0.05) is 12.1 Å². The summed E-state index contributed by atoms with van der Waals surface area (Å²) in [6.45, 7) is 1.97. The number of hydrogen-bond acceptors (Lipinski definition) is 4. The Morgan fingerprint density at radius 3 is 2.52 bits per heavy atom. The summed E-state index contributed by atoms with van der Waals surface area (Å²) in [7, 11) is 1.64. The Bertz CT molecular complexity index is 462. The topological polar surface area (TPSA) is 81.4 Å². The van der Waals surface area contributed by atoms with Crippen molar-refractivity contribution in [3.05, 3.63) is 29.8 Å². The van der Waals surface area contributed by atoms with Crippen molar-refractivity contribution in [1.29, 1.82) is 0 Å². The standard InChI is InChI=1S/C15H22N2O3S/c1-11(17-15(19)10-21-9-14(16)18)3-4-12-5-7-13(20-2)8-6-12/h5-8,11H,3-4,9-10H2,1-2H3,(H2,16,18)(H,17,19). The van der Waals surface area contributed by atoms with Crippen LogP contribution in [0.2, 0.25) is 0 Å². The summed E-state index contributed by atoms with van der Waals surface area (Å²) in [5.74, 6) is 0.805. The number of thioether (sulfide) groups is 1. The van der Waals surface area contributed by atoms with Crippen molar-refractivity contribution in [2.75, 3.05) is 18.6 Å². The van der Waals surface area contributed by atoms with E-state index in [1.165, 1.54) is 17.3 Å². The lowest BCUT2D eigenvalue weighted by Gasteiger charge is -2.13. The van der Waals surface area contributed by atoms with E-state index < -0.39 is 5.91 Å². The summed E-state index contributed by atoms with van der Waals surface area (Å²) in [6, 6.07) is 8.00. The monoisotopic (exact) mass is 310 g/mol. The largest absolute Gasteiger partial charge is 0.497 e. The summed E-state index contributed by atoms with van der Waals surface area (Å²) in [5, 5.41) is 2.91. The van der Waals surface area contributed by atoms with Crippen LogP contribution in [-0.2, 0) is 16.0 Å². The maximum Gasteiger partial charge on any atom is 0.230 e. The quantitative estimate of drug-likeness (QED) is 0.721. The Hall–Kier alpha value is -1.69. The minimum atomic E-state index is -0.402. The molecule has 0 aliphatic carbocycles. The van der Waals surface area contributed by atoms with E-state index in [2.05, 4.69) is 5.32 Å². The number of rotatable bonds is 9. The van der Waals surface area contributed by atoms with Crippen molar-refractivity contribution in [3.8, 4) is 5.75 Å². The average molecular weight is 310 g/mol. The molecule has 1 aromatic rings. The van der Waals surface area contributed by atoms with Crippen LogP contribution in [0.5, 0.6) is 5.75 Å². The molecule has 0 heterocycles. The molecule has 0 radical (unpaired) electrons. The maximum atomic E-state index is 11.6. The molecule has 0 saturated carbocycles. The Kier molecular flexibility index (Phi) is 7.68. The predicted octanol–water partition coefficient (Wildman–Crippen LogP) is 1.35. The zero-order valence-electron chi connectivity index (χ0n) is 12.4.